The van der Waals surface area contributed by atoms with Gasteiger partial charge in [-0.1, -0.05) is 26.0 Å². The van der Waals surface area contributed by atoms with Crippen molar-refractivity contribution in [2.24, 2.45) is 0 Å². The van der Waals surface area contributed by atoms with Gasteiger partial charge in [-0.3, -0.25) is 0 Å². The molecule has 96 valence electrons. The molecular formula is C13H12F3NS. The zero-order chi connectivity index (χ0) is 13.3. The summed E-state index contributed by atoms with van der Waals surface area (Å²) in [5.74, 6) is 0.332. The monoisotopic (exact) mass is 271 g/mol. The molecule has 0 saturated heterocycles. The maximum atomic E-state index is 12.4. The van der Waals surface area contributed by atoms with Gasteiger partial charge < -0.3 is 0 Å². The SMILES string of the molecule is CC(C)c1nc(-c2ccc(C(F)(F)F)cc2)cs1. The van der Waals surface area contributed by atoms with Crippen LogP contribution in [0.5, 0.6) is 0 Å². The number of aromatic nitrogens is 1. The van der Waals surface area contributed by atoms with Gasteiger partial charge in [-0.25, -0.2) is 4.98 Å². The van der Waals surface area contributed by atoms with Crippen molar-refractivity contribution in [3.8, 4) is 11.3 Å². The highest BCUT2D eigenvalue weighted by Gasteiger charge is 2.30. The lowest BCUT2D eigenvalue weighted by molar-refractivity contribution is -0.137. The third-order valence-corrected chi connectivity index (χ3v) is 3.67. The van der Waals surface area contributed by atoms with Gasteiger partial charge in [-0.15, -0.1) is 11.3 Å². The van der Waals surface area contributed by atoms with Crippen LogP contribution in [0.1, 0.15) is 30.3 Å². The minimum Gasteiger partial charge on any atom is -0.241 e. The predicted molar refractivity (Wildman–Crippen MR) is 66.6 cm³/mol. The maximum absolute atomic E-state index is 12.4. The summed E-state index contributed by atoms with van der Waals surface area (Å²) < 4.78 is 37.3. The fraction of sp³-hybridized carbons (Fsp3) is 0.308. The van der Waals surface area contributed by atoms with Crippen LogP contribution in [0.2, 0.25) is 0 Å². The van der Waals surface area contributed by atoms with Gasteiger partial charge in [-0.05, 0) is 12.1 Å². The molecule has 0 spiro atoms. The number of hydrogen-bond acceptors (Lipinski definition) is 2. The molecule has 1 nitrogen and oxygen atoms in total. The van der Waals surface area contributed by atoms with Gasteiger partial charge in [0.05, 0.1) is 16.3 Å². The highest BCUT2D eigenvalue weighted by atomic mass is 32.1. The topological polar surface area (TPSA) is 12.9 Å². The van der Waals surface area contributed by atoms with Crippen molar-refractivity contribution in [3.05, 3.63) is 40.2 Å². The average molecular weight is 271 g/mol. The highest BCUT2D eigenvalue weighted by Crippen LogP contribution is 2.31. The second kappa shape index (κ2) is 4.72. The van der Waals surface area contributed by atoms with E-state index >= 15 is 0 Å². The van der Waals surface area contributed by atoms with Gasteiger partial charge in [-0.2, -0.15) is 13.2 Å². The smallest absolute Gasteiger partial charge is 0.241 e. The number of rotatable bonds is 2. The van der Waals surface area contributed by atoms with E-state index in [-0.39, 0.29) is 0 Å². The van der Waals surface area contributed by atoms with Crippen molar-refractivity contribution in [1.82, 2.24) is 4.98 Å². The second-order valence-electron chi connectivity index (χ2n) is 4.30. The molecule has 0 bridgehead atoms. The van der Waals surface area contributed by atoms with Crippen LogP contribution in [0, 0.1) is 0 Å². The molecule has 0 amide bonds. The van der Waals surface area contributed by atoms with Crippen LogP contribution in [0.3, 0.4) is 0 Å². The van der Waals surface area contributed by atoms with E-state index in [2.05, 4.69) is 4.98 Å². The third kappa shape index (κ3) is 2.72. The highest BCUT2D eigenvalue weighted by molar-refractivity contribution is 7.10. The molecule has 0 aliphatic rings. The number of nitrogens with zero attached hydrogens (tertiary/aromatic N) is 1. The quantitative estimate of drug-likeness (QED) is 0.753. The van der Waals surface area contributed by atoms with E-state index in [0.717, 1.165) is 22.8 Å². The normalized spacial score (nSPS) is 12.1. The van der Waals surface area contributed by atoms with Crippen molar-refractivity contribution in [2.45, 2.75) is 25.9 Å². The van der Waals surface area contributed by atoms with Gasteiger partial charge in [0.15, 0.2) is 0 Å². The van der Waals surface area contributed by atoms with Gasteiger partial charge in [0.2, 0.25) is 0 Å². The van der Waals surface area contributed by atoms with Gasteiger partial charge in [0.25, 0.3) is 0 Å². The lowest BCUT2D eigenvalue weighted by Crippen LogP contribution is -2.03. The number of benzene rings is 1. The average Bonchev–Trinajstić information content (AvgIpc) is 2.77. The molecule has 0 aliphatic heterocycles. The summed E-state index contributed by atoms with van der Waals surface area (Å²) in [6, 6.07) is 5.09. The fourth-order valence-corrected chi connectivity index (χ4v) is 2.36. The first kappa shape index (κ1) is 13.1. The first-order valence-electron chi connectivity index (χ1n) is 5.51. The Morgan fingerprint density at radius 3 is 2.17 bits per heavy atom. The Morgan fingerprint density at radius 1 is 1.11 bits per heavy atom. The molecule has 2 aromatic rings. The van der Waals surface area contributed by atoms with Crippen LogP contribution < -0.4 is 0 Å². The molecule has 0 aliphatic carbocycles. The molecule has 0 N–H and O–H groups in total. The minimum atomic E-state index is -4.29. The van der Waals surface area contributed by atoms with Gasteiger partial charge >= 0.3 is 6.18 Å². The Morgan fingerprint density at radius 2 is 1.72 bits per heavy atom. The number of alkyl halides is 3. The summed E-state index contributed by atoms with van der Waals surface area (Å²) >= 11 is 1.53. The predicted octanol–water partition coefficient (Wildman–Crippen LogP) is 4.95. The van der Waals surface area contributed by atoms with Crippen LogP contribution in [-0.2, 0) is 6.18 Å². The molecular weight excluding hydrogens is 259 g/mol. The van der Waals surface area contributed by atoms with E-state index in [9.17, 15) is 13.2 Å². The molecule has 2 rings (SSSR count). The molecule has 18 heavy (non-hydrogen) atoms. The Kier molecular flexibility index (Phi) is 3.43. The first-order valence-corrected chi connectivity index (χ1v) is 6.39. The van der Waals surface area contributed by atoms with Crippen molar-refractivity contribution in [1.29, 1.82) is 0 Å². The summed E-state index contributed by atoms with van der Waals surface area (Å²) in [5.41, 5.74) is 0.814. The standard InChI is InChI=1S/C13H12F3NS/c1-8(2)12-17-11(7-18-12)9-3-5-10(6-4-9)13(14,15)16/h3-8H,1-2H3. The number of halogens is 3. The van der Waals surface area contributed by atoms with E-state index < -0.39 is 11.7 Å². The van der Waals surface area contributed by atoms with E-state index in [1.54, 1.807) is 0 Å². The van der Waals surface area contributed by atoms with E-state index in [1.807, 2.05) is 19.2 Å². The molecule has 0 unspecified atom stereocenters. The third-order valence-electron chi connectivity index (χ3n) is 2.52. The van der Waals surface area contributed by atoms with Crippen molar-refractivity contribution in [2.75, 3.05) is 0 Å². The van der Waals surface area contributed by atoms with Gasteiger partial charge in [0.1, 0.15) is 0 Å². The maximum Gasteiger partial charge on any atom is 0.416 e. The van der Waals surface area contributed by atoms with Crippen molar-refractivity contribution >= 4 is 11.3 Å². The second-order valence-corrected chi connectivity index (χ2v) is 5.19. The zero-order valence-electron chi connectivity index (χ0n) is 9.95. The summed E-state index contributed by atoms with van der Waals surface area (Å²) in [6.45, 7) is 4.07. The van der Waals surface area contributed by atoms with E-state index in [4.69, 9.17) is 0 Å². The zero-order valence-corrected chi connectivity index (χ0v) is 10.8. The van der Waals surface area contributed by atoms with Crippen molar-refractivity contribution in [3.63, 3.8) is 0 Å². The number of thiazole rings is 1. The van der Waals surface area contributed by atoms with Crippen LogP contribution in [0.15, 0.2) is 29.6 Å². The van der Waals surface area contributed by atoms with E-state index in [0.29, 0.717) is 11.5 Å². The molecule has 0 radical (unpaired) electrons. The summed E-state index contributed by atoms with van der Waals surface area (Å²) in [7, 11) is 0. The Hall–Kier alpha value is -1.36. The largest absolute Gasteiger partial charge is 0.416 e. The number of hydrogen-bond donors (Lipinski definition) is 0. The van der Waals surface area contributed by atoms with Crippen molar-refractivity contribution < 1.29 is 13.2 Å². The molecule has 1 aromatic carbocycles. The Balaban J connectivity index is 2.29. The first-order chi connectivity index (χ1) is 8.38. The van der Waals surface area contributed by atoms with Crippen LogP contribution in [0.4, 0.5) is 13.2 Å². The van der Waals surface area contributed by atoms with Crippen LogP contribution in [0.25, 0.3) is 11.3 Å². The minimum absolute atomic E-state index is 0.332. The van der Waals surface area contributed by atoms with Crippen LogP contribution in [-0.4, -0.2) is 4.98 Å². The summed E-state index contributed by atoms with van der Waals surface area (Å²) in [6.07, 6.45) is -4.29. The molecule has 0 atom stereocenters. The molecule has 5 heteroatoms. The Bertz CT molecular complexity index is 526. The van der Waals surface area contributed by atoms with Crippen LogP contribution >= 0.6 is 11.3 Å². The summed E-state index contributed by atoms with van der Waals surface area (Å²) in [5, 5.41) is 2.86. The fourth-order valence-electron chi connectivity index (χ4n) is 1.52. The lowest BCUT2D eigenvalue weighted by Gasteiger charge is -2.06. The lowest BCUT2D eigenvalue weighted by atomic mass is 10.1. The van der Waals surface area contributed by atoms with Gasteiger partial charge in [0, 0.05) is 16.9 Å². The molecule has 1 heterocycles. The molecule has 0 saturated carbocycles. The molecule has 0 fully saturated rings. The molecule has 1 aromatic heterocycles. The summed E-state index contributed by atoms with van der Waals surface area (Å²) in [4.78, 5) is 4.41. The Labute approximate surface area is 107 Å². The van der Waals surface area contributed by atoms with E-state index in [1.165, 1.54) is 23.5 Å².